The lowest BCUT2D eigenvalue weighted by Gasteiger charge is -2.19. The number of carboxylic acids is 1. The molecule has 0 aromatic heterocycles. The third-order valence-corrected chi connectivity index (χ3v) is 3.66. The van der Waals surface area contributed by atoms with Crippen molar-refractivity contribution in [1.82, 2.24) is 5.32 Å². The van der Waals surface area contributed by atoms with Gasteiger partial charge < -0.3 is 10.4 Å². The molecule has 0 aliphatic heterocycles. The van der Waals surface area contributed by atoms with Gasteiger partial charge in [-0.2, -0.15) is 0 Å². The molecule has 0 spiro atoms. The first-order valence-electron chi connectivity index (χ1n) is 6.59. The summed E-state index contributed by atoms with van der Waals surface area (Å²) in [4.78, 5) is 23.0. The topological polar surface area (TPSA) is 66.4 Å². The maximum absolute atomic E-state index is 12.0. The molecule has 0 aromatic rings. The fourth-order valence-electron chi connectivity index (χ4n) is 2.48. The number of nitrogens with one attached hydrogen (secondary N) is 1. The summed E-state index contributed by atoms with van der Waals surface area (Å²) in [5.74, 6) is -0.593. The third-order valence-electron chi connectivity index (χ3n) is 3.66. The van der Waals surface area contributed by atoms with Crippen LogP contribution in [0, 0.1) is 11.8 Å². The van der Waals surface area contributed by atoms with Crippen molar-refractivity contribution in [2.45, 2.75) is 58.4 Å². The summed E-state index contributed by atoms with van der Waals surface area (Å²) < 4.78 is 0. The molecule has 0 radical (unpaired) electrons. The second-order valence-corrected chi connectivity index (χ2v) is 5.06. The Morgan fingerprint density at radius 3 is 2.59 bits per heavy atom. The van der Waals surface area contributed by atoms with Crippen molar-refractivity contribution in [1.29, 1.82) is 0 Å². The predicted octanol–water partition coefficient (Wildman–Crippen LogP) is 2.18. The maximum Gasteiger partial charge on any atom is 0.326 e. The Morgan fingerprint density at radius 1 is 1.41 bits per heavy atom. The number of hydrogen-bond donors (Lipinski definition) is 2. The van der Waals surface area contributed by atoms with Gasteiger partial charge in [0.05, 0.1) is 0 Å². The number of aliphatic carboxylic acids is 1. The molecule has 0 heterocycles. The van der Waals surface area contributed by atoms with Gasteiger partial charge in [-0.1, -0.05) is 33.1 Å². The van der Waals surface area contributed by atoms with E-state index in [1.807, 2.05) is 6.92 Å². The summed E-state index contributed by atoms with van der Waals surface area (Å²) in [7, 11) is 0. The molecule has 17 heavy (non-hydrogen) atoms. The molecule has 1 amide bonds. The van der Waals surface area contributed by atoms with Gasteiger partial charge in [-0.15, -0.1) is 0 Å². The molecular formula is C13H23NO3. The van der Waals surface area contributed by atoms with Crippen LogP contribution < -0.4 is 5.32 Å². The Kier molecular flexibility index (Phi) is 5.45. The van der Waals surface area contributed by atoms with Gasteiger partial charge in [-0.25, -0.2) is 4.79 Å². The highest BCUT2D eigenvalue weighted by molar-refractivity contribution is 5.85. The maximum atomic E-state index is 12.0. The van der Waals surface area contributed by atoms with Crippen LogP contribution in [0.25, 0.3) is 0 Å². The number of unbranched alkanes of at least 4 members (excludes halogenated alkanes) is 1. The molecule has 1 rings (SSSR count). The second kappa shape index (κ2) is 6.62. The Hall–Kier alpha value is -1.06. The van der Waals surface area contributed by atoms with Crippen LogP contribution in [0.4, 0.5) is 0 Å². The molecule has 3 unspecified atom stereocenters. The highest BCUT2D eigenvalue weighted by atomic mass is 16.4. The van der Waals surface area contributed by atoms with Crippen molar-refractivity contribution < 1.29 is 14.7 Å². The highest BCUT2D eigenvalue weighted by Gasteiger charge is 2.31. The molecule has 1 aliphatic rings. The van der Waals surface area contributed by atoms with Gasteiger partial charge in [0.25, 0.3) is 0 Å². The average Bonchev–Trinajstić information content (AvgIpc) is 2.70. The molecule has 1 saturated carbocycles. The fraction of sp³-hybridized carbons (Fsp3) is 0.846. The van der Waals surface area contributed by atoms with Crippen molar-refractivity contribution in [3.05, 3.63) is 0 Å². The summed E-state index contributed by atoms with van der Waals surface area (Å²) in [6.45, 7) is 4.08. The van der Waals surface area contributed by atoms with Crippen LogP contribution in [0.2, 0.25) is 0 Å². The molecule has 3 atom stereocenters. The fourth-order valence-corrected chi connectivity index (χ4v) is 2.48. The molecule has 0 saturated heterocycles. The quantitative estimate of drug-likeness (QED) is 0.749. The van der Waals surface area contributed by atoms with E-state index in [0.29, 0.717) is 12.3 Å². The first kappa shape index (κ1) is 14.0. The van der Waals surface area contributed by atoms with Crippen LogP contribution in [-0.4, -0.2) is 23.0 Å². The standard InChI is InChI=1S/C13H23NO3/c1-3-4-8-11(13(16)17)14-12(15)10-7-5-6-9(10)2/h9-11H,3-8H2,1-2H3,(H,14,15)(H,16,17). The Bertz CT molecular complexity index is 278. The Morgan fingerprint density at radius 2 is 2.12 bits per heavy atom. The predicted molar refractivity (Wildman–Crippen MR) is 65.6 cm³/mol. The zero-order chi connectivity index (χ0) is 12.8. The van der Waals surface area contributed by atoms with Gasteiger partial charge in [0.15, 0.2) is 0 Å². The summed E-state index contributed by atoms with van der Waals surface area (Å²) >= 11 is 0. The number of carboxylic acid groups (broad SMARTS) is 1. The van der Waals surface area contributed by atoms with Crippen LogP contribution in [0.15, 0.2) is 0 Å². The molecule has 0 bridgehead atoms. The first-order chi connectivity index (χ1) is 8.06. The normalized spacial score (nSPS) is 25.5. The number of hydrogen-bond acceptors (Lipinski definition) is 2. The van der Waals surface area contributed by atoms with Crippen LogP contribution in [0.5, 0.6) is 0 Å². The SMILES string of the molecule is CCCCC(NC(=O)C1CCCC1C)C(=O)O. The van der Waals surface area contributed by atoms with Gasteiger partial charge in [0.2, 0.25) is 5.91 Å². The number of carbonyl (C=O) groups excluding carboxylic acids is 1. The van der Waals surface area contributed by atoms with Crippen molar-refractivity contribution in [3.8, 4) is 0 Å². The van der Waals surface area contributed by atoms with E-state index in [1.165, 1.54) is 0 Å². The van der Waals surface area contributed by atoms with Gasteiger partial charge in [-0.05, 0) is 25.2 Å². The minimum atomic E-state index is -0.919. The van der Waals surface area contributed by atoms with Gasteiger partial charge in [-0.3, -0.25) is 4.79 Å². The summed E-state index contributed by atoms with van der Waals surface area (Å²) in [6.07, 6.45) is 5.35. The first-order valence-corrected chi connectivity index (χ1v) is 6.59. The summed E-state index contributed by atoms with van der Waals surface area (Å²) in [5, 5.41) is 11.7. The van der Waals surface area contributed by atoms with Crippen LogP contribution >= 0.6 is 0 Å². The smallest absolute Gasteiger partial charge is 0.326 e. The van der Waals surface area contributed by atoms with E-state index in [0.717, 1.165) is 32.1 Å². The lowest BCUT2D eigenvalue weighted by Crippen LogP contribution is -2.44. The number of carbonyl (C=O) groups is 2. The lowest BCUT2D eigenvalue weighted by molar-refractivity contribution is -0.142. The van der Waals surface area contributed by atoms with E-state index in [9.17, 15) is 9.59 Å². The van der Waals surface area contributed by atoms with E-state index >= 15 is 0 Å². The molecule has 2 N–H and O–H groups in total. The van der Waals surface area contributed by atoms with Gasteiger partial charge >= 0.3 is 5.97 Å². The monoisotopic (exact) mass is 241 g/mol. The van der Waals surface area contributed by atoms with Gasteiger partial charge in [0, 0.05) is 5.92 Å². The zero-order valence-electron chi connectivity index (χ0n) is 10.7. The molecule has 4 nitrogen and oxygen atoms in total. The van der Waals surface area contributed by atoms with E-state index in [-0.39, 0.29) is 11.8 Å². The molecule has 1 aliphatic carbocycles. The zero-order valence-corrected chi connectivity index (χ0v) is 10.7. The third kappa shape index (κ3) is 4.02. The van der Waals surface area contributed by atoms with Crippen molar-refractivity contribution >= 4 is 11.9 Å². The van der Waals surface area contributed by atoms with Crippen molar-refractivity contribution in [2.24, 2.45) is 11.8 Å². The Labute approximate surface area is 103 Å². The van der Waals surface area contributed by atoms with Crippen LogP contribution in [0.3, 0.4) is 0 Å². The minimum Gasteiger partial charge on any atom is -0.480 e. The van der Waals surface area contributed by atoms with Crippen LogP contribution in [-0.2, 0) is 9.59 Å². The van der Waals surface area contributed by atoms with E-state index in [1.54, 1.807) is 0 Å². The van der Waals surface area contributed by atoms with Gasteiger partial charge in [0.1, 0.15) is 6.04 Å². The van der Waals surface area contributed by atoms with Crippen molar-refractivity contribution in [3.63, 3.8) is 0 Å². The summed E-state index contributed by atoms with van der Waals surface area (Å²) in [6, 6.07) is -0.713. The average molecular weight is 241 g/mol. The van der Waals surface area contributed by atoms with Crippen molar-refractivity contribution in [2.75, 3.05) is 0 Å². The number of amides is 1. The molecular weight excluding hydrogens is 218 g/mol. The second-order valence-electron chi connectivity index (χ2n) is 5.06. The summed E-state index contributed by atoms with van der Waals surface area (Å²) in [5.41, 5.74) is 0. The molecule has 4 heteroatoms. The van der Waals surface area contributed by atoms with E-state index in [4.69, 9.17) is 5.11 Å². The highest BCUT2D eigenvalue weighted by Crippen LogP contribution is 2.31. The van der Waals surface area contributed by atoms with Crippen LogP contribution in [0.1, 0.15) is 52.4 Å². The molecule has 1 fully saturated rings. The minimum absolute atomic E-state index is 0.0125. The molecule has 98 valence electrons. The van der Waals surface area contributed by atoms with E-state index < -0.39 is 12.0 Å². The largest absolute Gasteiger partial charge is 0.480 e. The number of rotatable bonds is 6. The molecule has 0 aromatic carbocycles. The Balaban J connectivity index is 2.48. The lowest BCUT2D eigenvalue weighted by atomic mass is 9.96. The van der Waals surface area contributed by atoms with E-state index in [2.05, 4.69) is 12.2 Å².